The number of hydrogen-bond donors (Lipinski definition) is 1. The highest BCUT2D eigenvalue weighted by Gasteiger charge is 2.19. The van der Waals surface area contributed by atoms with Gasteiger partial charge in [0.25, 0.3) is 0 Å². The van der Waals surface area contributed by atoms with Gasteiger partial charge in [0.2, 0.25) is 11.7 Å². The maximum absolute atomic E-state index is 12.6. The van der Waals surface area contributed by atoms with E-state index in [2.05, 4.69) is 16.4 Å². The van der Waals surface area contributed by atoms with E-state index in [1.807, 2.05) is 36.6 Å². The van der Waals surface area contributed by atoms with Gasteiger partial charge in [-0.2, -0.15) is 5.26 Å². The van der Waals surface area contributed by atoms with E-state index in [0.29, 0.717) is 35.2 Å². The van der Waals surface area contributed by atoms with Crippen LogP contribution in [0.1, 0.15) is 27.9 Å². The monoisotopic (exact) mass is 479 g/mol. The molecule has 8 nitrogen and oxygen atoms in total. The second-order valence-electron chi connectivity index (χ2n) is 7.05. The molecule has 1 N–H and O–H groups in total. The van der Waals surface area contributed by atoms with Gasteiger partial charge in [0.05, 0.1) is 38.1 Å². The molecule has 3 aromatic rings. The largest absolute Gasteiger partial charge is 0.493 e. The third kappa shape index (κ3) is 6.05. The second-order valence-corrected chi connectivity index (χ2v) is 8.11. The highest BCUT2D eigenvalue weighted by atomic mass is 32.1. The van der Waals surface area contributed by atoms with E-state index in [4.69, 9.17) is 18.9 Å². The number of rotatable bonds is 10. The Morgan fingerprint density at radius 3 is 2.44 bits per heavy atom. The third-order valence-corrected chi connectivity index (χ3v) is 5.63. The van der Waals surface area contributed by atoms with Crippen LogP contribution in [-0.2, 0) is 11.4 Å². The van der Waals surface area contributed by atoms with Crippen LogP contribution >= 0.6 is 11.3 Å². The molecule has 0 fully saturated rings. The topological polar surface area (TPSA) is 103 Å². The van der Waals surface area contributed by atoms with Gasteiger partial charge in [0, 0.05) is 17.0 Å². The van der Waals surface area contributed by atoms with E-state index in [9.17, 15) is 10.1 Å². The molecule has 0 spiro atoms. The molecule has 0 bridgehead atoms. The van der Waals surface area contributed by atoms with Gasteiger partial charge in [-0.1, -0.05) is 18.2 Å². The smallest absolute Gasteiger partial charge is 0.245 e. The molecule has 0 radical (unpaired) electrons. The van der Waals surface area contributed by atoms with Crippen molar-refractivity contribution >= 4 is 23.3 Å². The molecule has 1 heterocycles. The van der Waals surface area contributed by atoms with Gasteiger partial charge in [-0.25, -0.2) is 4.98 Å². The van der Waals surface area contributed by atoms with Crippen molar-refractivity contribution in [2.45, 2.75) is 19.6 Å². The zero-order valence-corrected chi connectivity index (χ0v) is 20.1. The quantitative estimate of drug-likeness (QED) is 0.429. The number of amides is 1. The molecule has 0 aliphatic carbocycles. The fraction of sp³-hybridized carbons (Fsp3) is 0.240. The predicted octanol–water partition coefficient (Wildman–Crippen LogP) is 4.45. The van der Waals surface area contributed by atoms with Crippen LogP contribution in [0.15, 0.2) is 47.9 Å². The van der Waals surface area contributed by atoms with Crippen molar-refractivity contribution in [2.75, 3.05) is 21.3 Å². The van der Waals surface area contributed by atoms with E-state index in [1.165, 1.54) is 27.4 Å². The van der Waals surface area contributed by atoms with Crippen LogP contribution in [0.5, 0.6) is 23.0 Å². The Bertz CT molecular complexity index is 1190. The Kier molecular flexibility index (Phi) is 8.48. The number of nitriles is 1. The lowest BCUT2D eigenvalue weighted by Crippen LogP contribution is -2.25. The maximum Gasteiger partial charge on any atom is 0.245 e. The molecule has 0 aliphatic rings. The summed E-state index contributed by atoms with van der Waals surface area (Å²) < 4.78 is 21.9. The molecular formula is C25H25N3O5S. The van der Waals surface area contributed by atoms with Gasteiger partial charge >= 0.3 is 0 Å². The maximum atomic E-state index is 12.6. The van der Waals surface area contributed by atoms with Crippen LogP contribution in [-0.4, -0.2) is 32.2 Å². The van der Waals surface area contributed by atoms with Crippen LogP contribution in [0.25, 0.3) is 6.08 Å². The number of ether oxygens (including phenoxy) is 4. The van der Waals surface area contributed by atoms with Crippen molar-refractivity contribution in [2.24, 2.45) is 0 Å². The Morgan fingerprint density at radius 1 is 1.15 bits per heavy atom. The number of carbonyl (C=O) groups excluding carboxylic acids is 1. The minimum Gasteiger partial charge on any atom is -0.493 e. The number of aryl methyl sites for hydroxylation is 1. The third-order valence-electron chi connectivity index (χ3n) is 4.81. The van der Waals surface area contributed by atoms with Crippen molar-refractivity contribution < 1.29 is 23.7 Å². The molecule has 1 aromatic heterocycles. The first-order valence-corrected chi connectivity index (χ1v) is 11.2. The molecule has 176 valence electrons. The highest BCUT2D eigenvalue weighted by molar-refractivity contribution is 7.09. The number of aromatic nitrogens is 1. The van der Waals surface area contributed by atoms with Crippen LogP contribution < -0.4 is 24.3 Å². The van der Waals surface area contributed by atoms with E-state index in [1.54, 1.807) is 29.5 Å². The average molecular weight is 480 g/mol. The van der Waals surface area contributed by atoms with Crippen LogP contribution in [0.4, 0.5) is 0 Å². The van der Waals surface area contributed by atoms with Crippen molar-refractivity contribution in [1.82, 2.24) is 10.3 Å². The Labute approximate surface area is 202 Å². The Morgan fingerprint density at radius 2 is 1.85 bits per heavy atom. The number of para-hydroxylation sites is 1. The number of thiazole rings is 1. The fourth-order valence-electron chi connectivity index (χ4n) is 3.19. The van der Waals surface area contributed by atoms with E-state index >= 15 is 0 Å². The summed E-state index contributed by atoms with van der Waals surface area (Å²) in [4.78, 5) is 17.0. The van der Waals surface area contributed by atoms with Gasteiger partial charge < -0.3 is 24.3 Å². The molecule has 34 heavy (non-hydrogen) atoms. The zero-order valence-electron chi connectivity index (χ0n) is 19.3. The van der Waals surface area contributed by atoms with Crippen LogP contribution in [0, 0.1) is 18.3 Å². The summed E-state index contributed by atoms with van der Waals surface area (Å²) in [6.07, 6.45) is 3.00. The molecular weight excluding hydrogens is 454 g/mol. The van der Waals surface area contributed by atoms with Crippen molar-refractivity contribution in [3.05, 3.63) is 69.7 Å². The molecule has 1 atom stereocenters. The summed E-state index contributed by atoms with van der Waals surface area (Å²) >= 11 is 1.56. The molecule has 0 saturated heterocycles. The number of nitrogens with one attached hydrogen (secondary N) is 1. The lowest BCUT2D eigenvalue weighted by Gasteiger charge is -2.17. The molecule has 3 rings (SSSR count). The normalized spacial score (nSPS) is 11.5. The Balaban J connectivity index is 1.72. The molecule has 0 aliphatic heterocycles. The first-order chi connectivity index (χ1) is 16.5. The lowest BCUT2D eigenvalue weighted by atomic mass is 10.1. The average Bonchev–Trinajstić information content (AvgIpc) is 3.29. The fourth-order valence-corrected chi connectivity index (χ4v) is 3.79. The SMILES string of the molecule is COc1cc(C(C#N)NC(=O)/C=C/c2ccccc2OCc2csc(C)n2)cc(OC)c1OC. The Hall–Kier alpha value is -4.03. The first-order valence-electron chi connectivity index (χ1n) is 10.3. The summed E-state index contributed by atoms with van der Waals surface area (Å²) in [5, 5.41) is 15.3. The molecule has 0 saturated carbocycles. The minimum atomic E-state index is -0.926. The summed E-state index contributed by atoms with van der Waals surface area (Å²) in [7, 11) is 4.46. The van der Waals surface area contributed by atoms with Gasteiger partial charge in [0.1, 0.15) is 18.4 Å². The molecule has 1 amide bonds. The summed E-state index contributed by atoms with van der Waals surface area (Å²) in [6.45, 7) is 2.27. The van der Waals surface area contributed by atoms with Gasteiger partial charge in [0.15, 0.2) is 11.5 Å². The van der Waals surface area contributed by atoms with Gasteiger partial charge in [-0.3, -0.25) is 4.79 Å². The van der Waals surface area contributed by atoms with Crippen molar-refractivity contribution in [1.29, 1.82) is 5.26 Å². The minimum absolute atomic E-state index is 0.332. The summed E-state index contributed by atoms with van der Waals surface area (Å²) in [5.41, 5.74) is 2.08. The van der Waals surface area contributed by atoms with E-state index < -0.39 is 11.9 Å². The molecule has 2 aromatic carbocycles. The predicted molar refractivity (Wildman–Crippen MR) is 129 cm³/mol. The van der Waals surface area contributed by atoms with Crippen LogP contribution in [0.2, 0.25) is 0 Å². The van der Waals surface area contributed by atoms with Crippen LogP contribution in [0.3, 0.4) is 0 Å². The number of hydrogen-bond acceptors (Lipinski definition) is 8. The van der Waals surface area contributed by atoms with E-state index in [-0.39, 0.29) is 0 Å². The summed E-state index contributed by atoms with van der Waals surface area (Å²) in [5.74, 6) is 1.37. The zero-order chi connectivity index (χ0) is 24.5. The molecule has 1 unspecified atom stereocenters. The van der Waals surface area contributed by atoms with E-state index in [0.717, 1.165) is 16.3 Å². The van der Waals surface area contributed by atoms with Crippen molar-refractivity contribution in [3.63, 3.8) is 0 Å². The summed E-state index contributed by atoms with van der Waals surface area (Å²) in [6, 6.07) is 11.8. The van der Waals surface area contributed by atoms with Crippen molar-refractivity contribution in [3.8, 4) is 29.1 Å². The molecule has 9 heteroatoms. The number of methoxy groups -OCH3 is 3. The van der Waals surface area contributed by atoms with Gasteiger partial charge in [-0.15, -0.1) is 11.3 Å². The lowest BCUT2D eigenvalue weighted by molar-refractivity contribution is -0.116. The standard InChI is InChI=1S/C25H25N3O5S/c1-16-27-19(15-34-16)14-33-21-8-6-5-7-17(21)9-10-24(29)28-20(13-26)18-11-22(30-2)25(32-4)23(12-18)31-3/h5-12,15,20H,14H2,1-4H3,(H,28,29)/b10-9+. The number of carbonyl (C=O) groups is 1. The first kappa shape index (κ1) is 24.6. The number of benzene rings is 2. The van der Waals surface area contributed by atoms with Gasteiger partial charge in [-0.05, 0) is 36.8 Å². The number of nitrogens with zero attached hydrogens (tertiary/aromatic N) is 2. The highest BCUT2D eigenvalue weighted by Crippen LogP contribution is 2.39. The second kappa shape index (κ2) is 11.7.